The van der Waals surface area contributed by atoms with E-state index >= 15 is 0 Å². The number of hydrogen-bond acceptors (Lipinski definition) is 4. The molecule has 1 heterocycles. The summed E-state index contributed by atoms with van der Waals surface area (Å²) in [6.45, 7) is 6.89. The van der Waals surface area contributed by atoms with Crippen LogP contribution in [0.15, 0.2) is 36.5 Å². The predicted molar refractivity (Wildman–Crippen MR) is 116 cm³/mol. The number of nitrogens with one attached hydrogen (secondary N) is 1. The molecule has 2 aromatic rings. The highest BCUT2D eigenvalue weighted by Crippen LogP contribution is 2.16. The molecule has 0 fully saturated rings. The number of carbonyl (C=O) groups excluding carboxylic acids is 2. The van der Waals surface area contributed by atoms with Gasteiger partial charge in [0.1, 0.15) is 23.3 Å². The number of aryl methyl sites for hydroxylation is 1. The van der Waals surface area contributed by atoms with E-state index in [9.17, 15) is 18.4 Å². The third kappa shape index (κ3) is 7.62. The molecule has 1 N–H and O–H groups in total. The fourth-order valence-corrected chi connectivity index (χ4v) is 2.63. The van der Waals surface area contributed by atoms with E-state index in [1.165, 1.54) is 18.1 Å². The minimum Gasteiger partial charge on any atom is -0.444 e. The van der Waals surface area contributed by atoms with Crippen LogP contribution in [0.3, 0.4) is 0 Å². The molecule has 2 amide bonds. The Morgan fingerprint density at radius 1 is 1.17 bits per heavy atom. The van der Waals surface area contributed by atoms with Gasteiger partial charge in [-0.3, -0.25) is 9.78 Å². The van der Waals surface area contributed by atoms with Crippen molar-refractivity contribution in [1.29, 1.82) is 0 Å². The second-order valence-electron chi connectivity index (χ2n) is 7.74. The first-order chi connectivity index (χ1) is 13.4. The quantitative estimate of drug-likeness (QED) is 0.768. The standard InChI is InChI=1S/C21H25F2N3O3.H2S/c1-13-6-7-17(12-24-13)26(5)19(27)18(25-20(28)29-21(2,3)4)10-14-8-15(22)11-16(23)9-14;/h6-9,11-12,18H,10H2,1-5H3,(H,25,28);1H2/t18-;/m0./s1. The maximum Gasteiger partial charge on any atom is 0.408 e. The van der Waals surface area contributed by atoms with Gasteiger partial charge in [0.25, 0.3) is 0 Å². The van der Waals surface area contributed by atoms with Gasteiger partial charge in [-0.1, -0.05) is 0 Å². The van der Waals surface area contributed by atoms with Crippen LogP contribution in [-0.4, -0.2) is 35.7 Å². The van der Waals surface area contributed by atoms with Gasteiger partial charge >= 0.3 is 6.09 Å². The fraction of sp³-hybridized carbons (Fsp3) is 0.381. The molecular formula is C21H27F2N3O3S. The molecule has 0 aliphatic rings. The number of rotatable bonds is 5. The number of alkyl carbamates (subject to hydrolysis) is 1. The maximum absolute atomic E-state index is 13.6. The molecule has 0 aliphatic heterocycles. The van der Waals surface area contributed by atoms with Gasteiger partial charge in [-0.2, -0.15) is 13.5 Å². The smallest absolute Gasteiger partial charge is 0.408 e. The van der Waals surface area contributed by atoms with Crippen LogP contribution in [0.1, 0.15) is 32.0 Å². The van der Waals surface area contributed by atoms with E-state index in [4.69, 9.17) is 4.74 Å². The number of carbonyl (C=O) groups is 2. The van der Waals surface area contributed by atoms with Crippen molar-refractivity contribution < 1.29 is 23.1 Å². The van der Waals surface area contributed by atoms with Crippen LogP contribution in [0.2, 0.25) is 0 Å². The Morgan fingerprint density at radius 2 is 1.77 bits per heavy atom. The average molecular weight is 440 g/mol. The molecule has 0 spiro atoms. The van der Waals surface area contributed by atoms with E-state index < -0.39 is 35.3 Å². The molecule has 1 aromatic heterocycles. The molecule has 0 aliphatic carbocycles. The van der Waals surface area contributed by atoms with Gasteiger partial charge in [-0.15, -0.1) is 0 Å². The first-order valence-corrected chi connectivity index (χ1v) is 9.09. The monoisotopic (exact) mass is 439 g/mol. The van der Waals surface area contributed by atoms with Crippen LogP contribution in [-0.2, 0) is 16.0 Å². The van der Waals surface area contributed by atoms with Crippen LogP contribution in [0.4, 0.5) is 19.3 Å². The van der Waals surface area contributed by atoms with Gasteiger partial charge in [0, 0.05) is 25.2 Å². The van der Waals surface area contributed by atoms with Crippen molar-refractivity contribution in [2.45, 2.75) is 45.8 Å². The Labute approximate surface area is 182 Å². The van der Waals surface area contributed by atoms with Gasteiger partial charge in [-0.05, 0) is 57.5 Å². The summed E-state index contributed by atoms with van der Waals surface area (Å²) in [4.78, 5) is 30.8. The van der Waals surface area contributed by atoms with Crippen molar-refractivity contribution in [3.05, 3.63) is 59.4 Å². The summed E-state index contributed by atoms with van der Waals surface area (Å²) in [5.74, 6) is -2.01. The lowest BCUT2D eigenvalue weighted by molar-refractivity contribution is -0.120. The van der Waals surface area contributed by atoms with Crippen molar-refractivity contribution >= 4 is 31.2 Å². The molecule has 6 nitrogen and oxygen atoms in total. The minimum absolute atomic E-state index is 0. The summed E-state index contributed by atoms with van der Waals surface area (Å²) >= 11 is 0. The Hall–Kier alpha value is -2.68. The van der Waals surface area contributed by atoms with Crippen molar-refractivity contribution in [3.8, 4) is 0 Å². The Morgan fingerprint density at radius 3 is 2.27 bits per heavy atom. The number of aromatic nitrogens is 1. The number of hydrogen-bond donors (Lipinski definition) is 1. The second kappa shape index (κ2) is 10.4. The fourth-order valence-electron chi connectivity index (χ4n) is 2.63. The van der Waals surface area contributed by atoms with Crippen LogP contribution < -0.4 is 10.2 Å². The molecule has 164 valence electrons. The van der Waals surface area contributed by atoms with E-state index in [1.807, 2.05) is 6.92 Å². The van der Waals surface area contributed by atoms with E-state index in [0.717, 1.165) is 23.9 Å². The molecule has 0 radical (unpaired) electrons. The lowest BCUT2D eigenvalue weighted by Gasteiger charge is -2.26. The van der Waals surface area contributed by atoms with Crippen molar-refractivity contribution in [2.24, 2.45) is 0 Å². The summed E-state index contributed by atoms with van der Waals surface area (Å²) < 4.78 is 32.4. The van der Waals surface area contributed by atoms with E-state index in [0.29, 0.717) is 5.69 Å². The van der Waals surface area contributed by atoms with Crippen molar-refractivity contribution in [2.75, 3.05) is 11.9 Å². The average Bonchev–Trinajstić information content (AvgIpc) is 2.58. The molecule has 30 heavy (non-hydrogen) atoms. The Bertz CT molecular complexity index is 866. The third-order valence-electron chi connectivity index (χ3n) is 3.96. The number of anilines is 1. The molecular weight excluding hydrogens is 412 g/mol. The summed E-state index contributed by atoms with van der Waals surface area (Å²) in [5.41, 5.74) is 0.762. The Balaban J connectivity index is 0.00000450. The lowest BCUT2D eigenvalue weighted by atomic mass is 10.0. The van der Waals surface area contributed by atoms with Crippen LogP contribution in [0.5, 0.6) is 0 Å². The summed E-state index contributed by atoms with van der Waals surface area (Å²) in [7, 11) is 1.53. The molecule has 0 saturated heterocycles. The molecule has 1 aromatic carbocycles. The molecule has 2 rings (SSSR count). The van der Waals surface area contributed by atoms with Crippen LogP contribution in [0, 0.1) is 18.6 Å². The number of benzene rings is 1. The van der Waals surface area contributed by atoms with Gasteiger partial charge in [-0.25, -0.2) is 13.6 Å². The van der Waals surface area contributed by atoms with Crippen LogP contribution >= 0.6 is 13.5 Å². The van der Waals surface area contributed by atoms with E-state index in [2.05, 4.69) is 10.3 Å². The molecule has 0 saturated carbocycles. The number of pyridine rings is 1. The highest BCUT2D eigenvalue weighted by Gasteiger charge is 2.28. The third-order valence-corrected chi connectivity index (χ3v) is 3.96. The lowest BCUT2D eigenvalue weighted by Crippen LogP contribution is -2.50. The molecule has 0 bridgehead atoms. The first kappa shape index (κ1) is 25.4. The van der Waals surface area contributed by atoms with Crippen LogP contribution in [0.25, 0.3) is 0 Å². The van der Waals surface area contributed by atoms with Gasteiger partial charge < -0.3 is 15.0 Å². The number of ether oxygens (including phenoxy) is 1. The maximum atomic E-state index is 13.6. The van der Waals surface area contributed by atoms with Crippen molar-refractivity contribution in [1.82, 2.24) is 10.3 Å². The van der Waals surface area contributed by atoms with Gasteiger partial charge in [0.2, 0.25) is 5.91 Å². The van der Waals surface area contributed by atoms with E-state index in [-0.39, 0.29) is 25.5 Å². The first-order valence-electron chi connectivity index (χ1n) is 9.09. The number of likely N-dealkylation sites (N-methyl/N-ethyl adjacent to an activating group) is 1. The van der Waals surface area contributed by atoms with Gasteiger partial charge in [0.05, 0.1) is 11.9 Å². The van der Waals surface area contributed by atoms with Crippen molar-refractivity contribution in [3.63, 3.8) is 0 Å². The molecule has 0 unspecified atom stereocenters. The summed E-state index contributed by atoms with van der Waals surface area (Å²) in [5, 5.41) is 2.51. The second-order valence-corrected chi connectivity index (χ2v) is 7.74. The SMILES string of the molecule is Cc1ccc(N(C)C(=O)[C@H](Cc2cc(F)cc(F)c2)NC(=O)OC(C)(C)C)cn1.S. The highest BCUT2D eigenvalue weighted by molar-refractivity contribution is 7.59. The summed E-state index contributed by atoms with van der Waals surface area (Å²) in [6, 6.07) is 5.34. The number of halogens is 2. The largest absolute Gasteiger partial charge is 0.444 e. The zero-order valence-corrected chi connectivity index (χ0v) is 18.6. The Kier molecular flexibility index (Phi) is 8.77. The van der Waals surface area contributed by atoms with Gasteiger partial charge in [0.15, 0.2) is 0 Å². The normalized spacial score (nSPS) is 11.8. The zero-order valence-electron chi connectivity index (χ0n) is 17.6. The molecule has 9 heteroatoms. The minimum atomic E-state index is -1.10. The predicted octanol–water partition coefficient (Wildman–Crippen LogP) is 3.88. The highest BCUT2D eigenvalue weighted by atomic mass is 32.1. The molecule has 1 atom stereocenters. The summed E-state index contributed by atoms with van der Waals surface area (Å²) in [6.07, 6.45) is 0.610. The van der Waals surface area contributed by atoms with E-state index in [1.54, 1.807) is 32.9 Å². The zero-order chi connectivity index (χ0) is 21.8. The number of nitrogens with zero attached hydrogens (tertiary/aromatic N) is 2. The number of amides is 2. The topological polar surface area (TPSA) is 71.5 Å².